The number of aliphatic hydroxyl groups excluding tert-OH is 1. The van der Waals surface area contributed by atoms with Gasteiger partial charge >= 0.3 is 0 Å². The zero-order valence-electron chi connectivity index (χ0n) is 13.4. The largest absolute Gasteiger partial charge is 0.509 e. The van der Waals surface area contributed by atoms with Crippen LogP contribution in [0.5, 0.6) is 11.5 Å². The lowest BCUT2D eigenvalue weighted by Crippen LogP contribution is -2.05. The molecule has 0 bridgehead atoms. The highest BCUT2D eigenvalue weighted by Crippen LogP contribution is 2.19. The molecule has 3 nitrogen and oxygen atoms in total. The molecule has 4 heteroatoms. The lowest BCUT2D eigenvalue weighted by Gasteiger charge is -2.09. The SMILES string of the molecule is CCCC(O)CCCCCCCc1cc(O)[c]([AlH2])c(O)c1. The van der Waals surface area contributed by atoms with E-state index in [0.717, 1.165) is 50.5 Å². The van der Waals surface area contributed by atoms with E-state index >= 15 is 0 Å². The Bertz CT molecular complexity index is 397. The maximum atomic E-state index is 9.70. The summed E-state index contributed by atoms with van der Waals surface area (Å²) in [6.07, 6.45) is 9.41. The van der Waals surface area contributed by atoms with Gasteiger partial charge in [-0.1, -0.05) is 39.0 Å². The first kappa shape index (κ1) is 18.4. The Balaban J connectivity index is 2.12. The van der Waals surface area contributed by atoms with Crippen LogP contribution < -0.4 is 4.43 Å². The van der Waals surface area contributed by atoms with Gasteiger partial charge in [0, 0.05) is 0 Å². The molecule has 0 aliphatic rings. The van der Waals surface area contributed by atoms with E-state index in [0.29, 0.717) is 20.7 Å². The number of phenols is 2. The average molecular weight is 308 g/mol. The fraction of sp³-hybridized carbons (Fsp3) is 0.647. The number of aryl methyl sites for hydroxylation is 1. The second-order valence-corrected chi connectivity index (χ2v) is 7.01. The molecule has 1 unspecified atom stereocenters. The molecule has 3 N–H and O–H groups in total. The van der Waals surface area contributed by atoms with Crippen molar-refractivity contribution in [3.63, 3.8) is 0 Å². The summed E-state index contributed by atoms with van der Waals surface area (Å²) < 4.78 is 0.685. The van der Waals surface area contributed by atoms with Crippen LogP contribution in [0.1, 0.15) is 63.9 Å². The third-order valence-electron chi connectivity index (χ3n) is 4.04. The number of hydrogen-bond donors (Lipinski definition) is 3. The van der Waals surface area contributed by atoms with E-state index < -0.39 is 0 Å². The van der Waals surface area contributed by atoms with Crippen molar-refractivity contribution in [1.29, 1.82) is 0 Å². The Morgan fingerprint density at radius 1 is 0.952 bits per heavy atom. The molecule has 0 saturated carbocycles. The van der Waals surface area contributed by atoms with Gasteiger partial charge in [0.15, 0.2) is 0 Å². The Labute approximate surface area is 136 Å². The summed E-state index contributed by atoms with van der Waals surface area (Å²) in [5, 5.41) is 29.0. The number of unbranched alkanes of at least 4 members (excludes halogenated alkanes) is 4. The van der Waals surface area contributed by atoms with E-state index in [-0.39, 0.29) is 17.6 Å². The highest BCUT2D eigenvalue weighted by Gasteiger charge is 2.05. The molecule has 1 rings (SSSR count). The van der Waals surface area contributed by atoms with Gasteiger partial charge in [0.2, 0.25) is 0 Å². The van der Waals surface area contributed by atoms with Gasteiger partial charge in [-0.05, 0) is 47.8 Å². The molecular weight excluding hydrogens is 279 g/mol. The molecule has 0 aliphatic heterocycles. The van der Waals surface area contributed by atoms with Crippen molar-refractivity contribution >= 4 is 20.7 Å². The van der Waals surface area contributed by atoms with Crippen molar-refractivity contribution in [2.45, 2.75) is 70.8 Å². The van der Waals surface area contributed by atoms with Gasteiger partial charge in [0.05, 0.1) is 6.10 Å². The summed E-state index contributed by atoms with van der Waals surface area (Å²) in [6.45, 7) is 2.10. The van der Waals surface area contributed by atoms with Crippen LogP contribution in [0, 0.1) is 0 Å². The van der Waals surface area contributed by atoms with Crippen LogP contribution in [0.2, 0.25) is 0 Å². The molecule has 0 saturated heterocycles. The molecule has 0 aromatic heterocycles. The lowest BCUT2D eigenvalue weighted by atomic mass is 10.0. The van der Waals surface area contributed by atoms with Crippen LogP contribution in [0.3, 0.4) is 0 Å². The van der Waals surface area contributed by atoms with E-state index in [1.54, 1.807) is 12.1 Å². The van der Waals surface area contributed by atoms with Gasteiger partial charge in [0.25, 0.3) is 16.3 Å². The molecule has 0 fully saturated rings. The Hall–Kier alpha value is -0.688. The number of aliphatic hydroxyl groups is 1. The summed E-state index contributed by atoms with van der Waals surface area (Å²) >= 11 is 0.661. The fourth-order valence-corrected chi connectivity index (χ4v) is 2.89. The monoisotopic (exact) mass is 308 g/mol. The zero-order chi connectivity index (χ0) is 15.7. The number of hydrogen-bond acceptors (Lipinski definition) is 3. The van der Waals surface area contributed by atoms with Crippen LogP contribution in [0.4, 0.5) is 0 Å². The van der Waals surface area contributed by atoms with Gasteiger partial charge in [-0.15, -0.1) is 0 Å². The molecule has 0 heterocycles. The van der Waals surface area contributed by atoms with Gasteiger partial charge in [-0.3, -0.25) is 0 Å². The molecule has 0 spiro atoms. The molecule has 0 radical (unpaired) electrons. The minimum Gasteiger partial charge on any atom is -0.509 e. The minimum atomic E-state index is -0.114. The molecular formula is C17H29AlO3. The van der Waals surface area contributed by atoms with Crippen LogP contribution in [0.15, 0.2) is 12.1 Å². The Kier molecular flexibility index (Phi) is 8.84. The number of aromatic hydroxyl groups is 2. The molecule has 21 heavy (non-hydrogen) atoms. The van der Waals surface area contributed by atoms with E-state index in [2.05, 4.69) is 6.92 Å². The van der Waals surface area contributed by atoms with Gasteiger partial charge < -0.3 is 15.3 Å². The molecule has 0 aliphatic carbocycles. The normalized spacial score (nSPS) is 12.5. The average Bonchev–Trinajstić information content (AvgIpc) is 2.44. The number of phenolic OH excluding ortho intramolecular Hbond substituents is 2. The van der Waals surface area contributed by atoms with Crippen molar-refractivity contribution in [3.8, 4) is 11.5 Å². The second-order valence-electron chi connectivity index (χ2n) is 6.01. The summed E-state index contributed by atoms with van der Waals surface area (Å²) in [4.78, 5) is 0. The smallest absolute Gasteiger partial charge is 0.271 e. The fourth-order valence-electron chi connectivity index (χ4n) is 2.60. The van der Waals surface area contributed by atoms with E-state index in [9.17, 15) is 15.3 Å². The number of rotatable bonds is 10. The Morgan fingerprint density at radius 2 is 1.52 bits per heavy atom. The van der Waals surface area contributed by atoms with Crippen molar-refractivity contribution in [1.82, 2.24) is 0 Å². The molecule has 1 aromatic rings. The van der Waals surface area contributed by atoms with Crippen LogP contribution in [-0.4, -0.2) is 37.7 Å². The second kappa shape index (κ2) is 10.1. The number of benzene rings is 1. The van der Waals surface area contributed by atoms with Crippen molar-refractivity contribution in [2.24, 2.45) is 0 Å². The standard InChI is InChI=1S/C17H27O3.Al.2H/c1-2-8-15(18)10-7-5-3-4-6-9-14-11-16(19)13-17(20)12-14;;;/h11-12,15,18-20H,2-10H2,1H3;;;. The molecule has 118 valence electrons. The van der Waals surface area contributed by atoms with Crippen molar-refractivity contribution < 1.29 is 15.3 Å². The summed E-state index contributed by atoms with van der Waals surface area (Å²) in [5.74, 6) is 0.475. The summed E-state index contributed by atoms with van der Waals surface area (Å²) in [5.41, 5.74) is 1.02. The van der Waals surface area contributed by atoms with E-state index in [1.807, 2.05) is 0 Å². The predicted octanol–water partition coefficient (Wildman–Crippen LogP) is 2.40. The zero-order valence-corrected chi connectivity index (χ0v) is 15.4. The molecule has 1 atom stereocenters. The molecule has 0 amide bonds. The maximum absolute atomic E-state index is 9.70. The first-order valence-corrected chi connectivity index (χ1v) is 9.24. The topological polar surface area (TPSA) is 60.7 Å². The van der Waals surface area contributed by atoms with Gasteiger partial charge in [-0.2, -0.15) is 0 Å². The van der Waals surface area contributed by atoms with E-state index in [1.165, 1.54) is 12.8 Å². The van der Waals surface area contributed by atoms with Crippen LogP contribution in [-0.2, 0) is 6.42 Å². The van der Waals surface area contributed by atoms with Gasteiger partial charge in [0.1, 0.15) is 11.5 Å². The Morgan fingerprint density at radius 3 is 2.14 bits per heavy atom. The van der Waals surface area contributed by atoms with E-state index in [4.69, 9.17) is 0 Å². The highest BCUT2D eigenvalue weighted by atomic mass is 27.0. The van der Waals surface area contributed by atoms with Crippen molar-refractivity contribution in [2.75, 3.05) is 0 Å². The third-order valence-corrected chi connectivity index (χ3v) is 5.06. The third kappa shape index (κ3) is 7.22. The lowest BCUT2D eigenvalue weighted by molar-refractivity contribution is 0.150. The first-order chi connectivity index (χ1) is 10.0. The maximum Gasteiger partial charge on any atom is 0.271 e. The van der Waals surface area contributed by atoms with Crippen molar-refractivity contribution in [3.05, 3.63) is 17.7 Å². The van der Waals surface area contributed by atoms with Crippen LogP contribution in [0.25, 0.3) is 0 Å². The summed E-state index contributed by atoms with van der Waals surface area (Å²) in [6, 6.07) is 3.56. The van der Waals surface area contributed by atoms with Gasteiger partial charge in [-0.25, -0.2) is 0 Å². The summed E-state index contributed by atoms with van der Waals surface area (Å²) in [7, 11) is 0. The van der Waals surface area contributed by atoms with Crippen LogP contribution >= 0.6 is 0 Å². The minimum absolute atomic E-state index is 0.114. The quantitative estimate of drug-likeness (QED) is 0.459. The predicted molar refractivity (Wildman–Crippen MR) is 90.3 cm³/mol. The highest BCUT2D eigenvalue weighted by molar-refractivity contribution is 6.36. The molecule has 1 aromatic carbocycles. The first-order valence-electron chi connectivity index (χ1n) is 8.24.